The van der Waals surface area contributed by atoms with Gasteiger partial charge in [-0.1, -0.05) is 54.6 Å². The van der Waals surface area contributed by atoms with Gasteiger partial charge in [-0.05, 0) is 41.9 Å². The smallest absolute Gasteiger partial charge is 0.220 e. The van der Waals surface area contributed by atoms with Crippen LogP contribution in [0, 0.1) is 5.92 Å². The van der Waals surface area contributed by atoms with Crippen LogP contribution in [-0.2, 0) is 17.6 Å². The van der Waals surface area contributed by atoms with E-state index in [1.807, 2.05) is 30.3 Å². The van der Waals surface area contributed by atoms with Gasteiger partial charge < -0.3 is 11.1 Å². The maximum absolute atomic E-state index is 12.2. The molecule has 1 aliphatic carbocycles. The van der Waals surface area contributed by atoms with E-state index >= 15 is 0 Å². The van der Waals surface area contributed by atoms with Crippen LogP contribution in [0.5, 0.6) is 0 Å². The Hall–Kier alpha value is -2.13. The lowest BCUT2D eigenvalue weighted by Gasteiger charge is -2.24. The van der Waals surface area contributed by atoms with Crippen LogP contribution in [-0.4, -0.2) is 12.5 Å². The molecule has 23 heavy (non-hydrogen) atoms. The second kappa shape index (κ2) is 7.42. The number of benzene rings is 2. The molecular weight excluding hydrogens is 284 g/mol. The highest BCUT2D eigenvalue weighted by Gasteiger charge is 2.21. The first kappa shape index (κ1) is 15.8. The number of rotatable bonds is 5. The van der Waals surface area contributed by atoms with E-state index in [1.165, 1.54) is 11.1 Å². The minimum Gasteiger partial charge on any atom is -0.354 e. The summed E-state index contributed by atoms with van der Waals surface area (Å²) in [5.41, 5.74) is 10.0. The summed E-state index contributed by atoms with van der Waals surface area (Å²) in [6, 6.07) is 18.3. The molecule has 0 saturated heterocycles. The summed E-state index contributed by atoms with van der Waals surface area (Å²) < 4.78 is 0. The summed E-state index contributed by atoms with van der Waals surface area (Å²) in [7, 11) is 0. The van der Waals surface area contributed by atoms with Crippen molar-refractivity contribution in [1.82, 2.24) is 5.32 Å². The number of amides is 1. The molecule has 0 heterocycles. The molecule has 3 N–H and O–H groups in total. The van der Waals surface area contributed by atoms with Gasteiger partial charge >= 0.3 is 0 Å². The first-order chi connectivity index (χ1) is 11.2. The molecule has 0 radical (unpaired) electrons. The fraction of sp³-hybridized carbons (Fsp3) is 0.350. The van der Waals surface area contributed by atoms with E-state index in [0.717, 1.165) is 24.8 Å². The largest absolute Gasteiger partial charge is 0.354 e. The molecule has 3 nitrogen and oxygen atoms in total. The average Bonchev–Trinajstić information content (AvgIpc) is 2.60. The van der Waals surface area contributed by atoms with Crippen molar-refractivity contribution < 1.29 is 4.79 Å². The van der Waals surface area contributed by atoms with Crippen LogP contribution in [0.25, 0.3) is 0 Å². The van der Waals surface area contributed by atoms with E-state index in [4.69, 9.17) is 5.73 Å². The van der Waals surface area contributed by atoms with Gasteiger partial charge in [0.05, 0.1) is 0 Å². The predicted molar refractivity (Wildman–Crippen MR) is 93.0 cm³/mol. The topological polar surface area (TPSA) is 55.1 Å². The Bertz CT molecular complexity index is 654. The Morgan fingerprint density at radius 1 is 1.09 bits per heavy atom. The molecule has 0 fully saturated rings. The number of fused-ring (bicyclic) bond motifs is 1. The van der Waals surface area contributed by atoms with E-state index in [-0.39, 0.29) is 11.9 Å². The summed E-state index contributed by atoms with van der Waals surface area (Å²) in [4.78, 5) is 12.2. The van der Waals surface area contributed by atoms with Crippen molar-refractivity contribution in [2.45, 2.75) is 31.7 Å². The first-order valence-electron chi connectivity index (χ1n) is 8.36. The molecule has 1 amide bonds. The van der Waals surface area contributed by atoms with Crippen LogP contribution in [0.15, 0.2) is 54.6 Å². The van der Waals surface area contributed by atoms with Crippen molar-refractivity contribution in [2.24, 2.45) is 11.7 Å². The molecule has 3 heteroatoms. The Morgan fingerprint density at radius 3 is 2.57 bits per heavy atom. The van der Waals surface area contributed by atoms with Gasteiger partial charge in [-0.2, -0.15) is 0 Å². The summed E-state index contributed by atoms with van der Waals surface area (Å²) in [5.74, 6) is 0.554. The molecule has 2 aromatic rings. The number of aryl methyl sites for hydroxylation is 1. The molecule has 0 aromatic heterocycles. The Balaban J connectivity index is 1.47. The van der Waals surface area contributed by atoms with Gasteiger partial charge in [0.25, 0.3) is 0 Å². The highest BCUT2D eigenvalue weighted by atomic mass is 16.1. The molecular formula is C20H24N2O. The van der Waals surface area contributed by atoms with Crippen LogP contribution in [0.3, 0.4) is 0 Å². The number of carbonyl (C=O) groups is 1. The Kier molecular flexibility index (Phi) is 5.09. The van der Waals surface area contributed by atoms with Crippen molar-refractivity contribution in [3.8, 4) is 0 Å². The molecule has 0 spiro atoms. The predicted octanol–water partition coefficient (Wildman–Crippen LogP) is 3.00. The summed E-state index contributed by atoms with van der Waals surface area (Å²) in [6.45, 7) is 0.492. The van der Waals surface area contributed by atoms with Crippen molar-refractivity contribution in [3.05, 3.63) is 71.3 Å². The van der Waals surface area contributed by atoms with Crippen LogP contribution >= 0.6 is 0 Å². The third-order valence-corrected chi connectivity index (χ3v) is 4.67. The third-order valence-electron chi connectivity index (χ3n) is 4.67. The lowest BCUT2D eigenvalue weighted by atomic mass is 9.82. The standard InChI is InChI=1S/C20H24N2O/c21-19(17-7-2-1-3-8-17)14-22-20(23)13-15-10-11-16-6-4-5-9-18(16)12-15/h1-9,15,19H,10-14,21H2,(H,22,23). The van der Waals surface area contributed by atoms with Gasteiger partial charge in [-0.3, -0.25) is 4.79 Å². The zero-order valence-corrected chi connectivity index (χ0v) is 13.4. The number of nitrogens with two attached hydrogens (primary N) is 1. The molecule has 0 bridgehead atoms. The summed E-state index contributed by atoms with van der Waals surface area (Å²) in [5, 5.41) is 2.99. The fourth-order valence-corrected chi connectivity index (χ4v) is 3.32. The van der Waals surface area contributed by atoms with Gasteiger partial charge in [-0.15, -0.1) is 0 Å². The highest BCUT2D eigenvalue weighted by molar-refractivity contribution is 5.76. The Morgan fingerprint density at radius 2 is 1.78 bits per heavy atom. The summed E-state index contributed by atoms with van der Waals surface area (Å²) >= 11 is 0. The molecule has 2 unspecified atom stereocenters. The van der Waals surface area contributed by atoms with Crippen molar-refractivity contribution in [1.29, 1.82) is 0 Å². The molecule has 2 aromatic carbocycles. The zero-order valence-electron chi connectivity index (χ0n) is 13.4. The van der Waals surface area contributed by atoms with E-state index in [0.29, 0.717) is 18.9 Å². The van der Waals surface area contributed by atoms with Gasteiger partial charge in [0.15, 0.2) is 0 Å². The maximum atomic E-state index is 12.2. The number of hydrogen-bond acceptors (Lipinski definition) is 2. The van der Waals surface area contributed by atoms with E-state index in [1.54, 1.807) is 0 Å². The molecule has 2 atom stereocenters. The van der Waals surface area contributed by atoms with Gasteiger partial charge in [-0.25, -0.2) is 0 Å². The molecule has 0 aliphatic heterocycles. The SMILES string of the molecule is NC(CNC(=O)CC1CCc2ccccc2C1)c1ccccc1. The number of nitrogens with one attached hydrogen (secondary N) is 1. The van der Waals surface area contributed by atoms with Crippen molar-refractivity contribution >= 4 is 5.91 Å². The number of hydrogen-bond donors (Lipinski definition) is 2. The van der Waals surface area contributed by atoms with E-state index in [2.05, 4.69) is 29.6 Å². The molecule has 0 saturated carbocycles. The minimum atomic E-state index is -0.146. The molecule has 1 aliphatic rings. The van der Waals surface area contributed by atoms with Crippen molar-refractivity contribution in [2.75, 3.05) is 6.54 Å². The van der Waals surface area contributed by atoms with Crippen LogP contribution < -0.4 is 11.1 Å². The third kappa shape index (κ3) is 4.20. The summed E-state index contributed by atoms with van der Waals surface area (Å²) in [6.07, 6.45) is 3.77. The lowest BCUT2D eigenvalue weighted by Crippen LogP contribution is -2.33. The van der Waals surface area contributed by atoms with Crippen LogP contribution in [0.4, 0.5) is 0 Å². The normalized spacial score (nSPS) is 18.0. The number of carbonyl (C=O) groups excluding carboxylic acids is 1. The van der Waals surface area contributed by atoms with Gasteiger partial charge in [0.2, 0.25) is 5.91 Å². The minimum absolute atomic E-state index is 0.112. The monoisotopic (exact) mass is 308 g/mol. The van der Waals surface area contributed by atoms with Gasteiger partial charge in [0, 0.05) is 19.0 Å². The quantitative estimate of drug-likeness (QED) is 0.892. The highest BCUT2D eigenvalue weighted by Crippen LogP contribution is 2.27. The lowest BCUT2D eigenvalue weighted by molar-refractivity contribution is -0.122. The molecule has 120 valence electrons. The van der Waals surface area contributed by atoms with E-state index in [9.17, 15) is 4.79 Å². The van der Waals surface area contributed by atoms with Gasteiger partial charge in [0.1, 0.15) is 0 Å². The van der Waals surface area contributed by atoms with Crippen molar-refractivity contribution in [3.63, 3.8) is 0 Å². The second-order valence-corrected chi connectivity index (χ2v) is 6.40. The van der Waals surface area contributed by atoms with E-state index < -0.39 is 0 Å². The first-order valence-corrected chi connectivity index (χ1v) is 8.36. The zero-order chi connectivity index (χ0) is 16.1. The fourth-order valence-electron chi connectivity index (χ4n) is 3.32. The van der Waals surface area contributed by atoms with Crippen LogP contribution in [0.1, 0.15) is 35.6 Å². The average molecular weight is 308 g/mol. The molecule has 3 rings (SSSR count). The second-order valence-electron chi connectivity index (χ2n) is 6.40. The Labute approximate surface area is 137 Å². The maximum Gasteiger partial charge on any atom is 0.220 e. The van der Waals surface area contributed by atoms with Crippen LogP contribution in [0.2, 0.25) is 0 Å².